The maximum Gasteiger partial charge on any atom is 0.131 e. The molecule has 3 nitrogen and oxygen atoms in total. The molecule has 1 atom stereocenters. The van der Waals surface area contributed by atoms with E-state index in [1.165, 1.54) is 12.1 Å². The second kappa shape index (κ2) is 9.19. The van der Waals surface area contributed by atoms with Gasteiger partial charge in [-0.05, 0) is 12.5 Å². The molecule has 1 aliphatic heterocycles. The first-order chi connectivity index (χ1) is 8.72. The Morgan fingerprint density at radius 2 is 2.00 bits per heavy atom. The second-order valence-corrected chi connectivity index (χ2v) is 4.53. The smallest absolute Gasteiger partial charge is 0.131 e. The Morgan fingerprint density at radius 3 is 2.55 bits per heavy atom. The van der Waals surface area contributed by atoms with E-state index in [0.29, 0.717) is 12.0 Å². The van der Waals surface area contributed by atoms with Gasteiger partial charge in [0.2, 0.25) is 0 Å². The fourth-order valence-electron chi connectivity index (χ4n) is 2.41. The standard InChI is InChI=1S/C14H19FN2O.2ClH/c1-2-3-14(17-8-6-16-7-9-17)12-5-4-11(18)10-13(12)15;;/h2,4-5,10,14,16,18H,1,3,6-9H2;2*1H/t14-;;/m1../s1. The van der Waals surface area contributed by atoms with Crippen LogP contribution >= 0.6 is 24.8 Å². The number of piperazine rings is 1. The van der Waals surface area contributed by atoms with Crippen molar-refractivity contribution in [3.63, 3.8) is 0 Å². The lowest BCUT2D eigenvalue weighted by molar-refractivity contribution is 0.171. The molecule has 20 heavy (non-hydrogen) atoms. The fraction of sp³-hybridized carbons (Fsp3) is 0.429. The molecule has 0 amide bonds. The van der Waals surface area contributed by atoms with Gasteiger partial charge in [0.25, 0.3) is 0 Å². The third-order valence-electron chi connectivity index (χ3n) is 3.33. The zero-order valence-electron chi connectivity index (χ0n) is 11.2. The van der Waals surface area contributed by atoms with Gasteiger partial charge in [-0.1, -0.05) is 12.1 Å². The van der Waals surface area contributed by atoms with Crippen molar-refractivity contribution < 1.29 is 9.50 Å². The number of hydrogen-bond acceptors (Lipinski definition) is 3. The third kappa shape index (κ3) is 4.63. The van der Waals surface area contributed by atoms with Gasteiger partial charge in [-0.3, -0.25) is 4.90 Å². The summed E-state index contributed by atoms with van der Waals surface area (Å²) < 4.78 is 13.9. The average Bonchev–Trinajstić information content (AvgIpc) is 2.38. The molecule has 2 rings (SSSR count). The first-order valence-electron chi connectivity index (χ1n) is 6.26. The monoisotopic (exact) mass is 322 g/mol. The molecule has 1 aliphatic rings. The molecule has 1 aromatic carbocycles. The van der Waals surface area contributed by atoms with Crippen molar-refractivity contribution in [2.45, 2.75) is 12.5 Å². The molecule has 1 saturated heterocycles. The molecular formula is C14H21Cl2FN2O. The first-order valence-corrected chi connectivity index (χ1v) is 6.26. The average molecular weight is 323 g/mol. The van der Waals surface area contributed by atoms with Gasteiger partial charge in [-0.25, -0.2) is 4.39 Å². The van der Waals surface area contributed by atoms with Gasteiger partial charge in [-0.2, -0.15) is 0 Å². The van der Waals surface area contributed by atoms with Gasteiger partial charge in [-0.15, -0.1) is 31.4 Å². The molecule has 0 unspecified atom stereocenters. The topological polar surface area (TPSA) is 35.5 Å². The molecule has 0 saturated carbocycles. The van der Waals surface area contributed by atoms with Crippen LogP contribution < -0.4 is 5.32 Å². The lowest BCUT2D eigenvalue weighted by atomic mass is 10.0. The van der Waals surface area contributed by atoms with Gasteiger partial charge >= 0.3 is 0 Å². The second-order valence-electron chi connectivity index (χ2n) is 4.53. The van der Waals surface area contributed by atoms with Crippen LogP contribution in [-0.4, -0.2) is 36.2 Å². The van der Waals surface area contributed by atoms with Crippen molar-refractivity contribution in [2.75, 3.05) is 26.2 Å². The van der Waals surface area contributed by atoms with Gasteiger partial charge in [0.05, 0.1) is 0 Å². The summed E-state index contributed by atoms with van der Waals surface area (Å²) in [5.74, 6) is -0.380. The predicted molar refractivity (Wildman–Crippen MR) is 84.6 cm³/mol. The summed E-state index contributed by atoms with van der Waals surface area (Å²) in [6, 6.07) is 4.38. The Kier molecular flexibility index (Phi) is 8.81. The van der Waals surface area contributed by atoms with Crippen LogP contribution in [0.5, 0.6) is 5.75 Å². The lowest BCUT2D eigenvalue weighted by Crippen LogP contribution is -2.45. The number of benzene rings is 1. The summed E-state index contributed by atoms with van der Waals surface area (Å²) in [6.07, 6.45) is 2.53. The minimum atomic E-state index is -0.347. The van der Waals surface area contributed by atoms with Crippen LogP contribution in [0.3, 0.4) is 0 Å². The fourth-order valence-corrected chi connectivity index (χ4v) is 2.41. The van der Waals surface area contributed by atoms with E-state index in [1.807, 2.05) is 6.08 Å². The molecule has 1 fully saturated rings. The molecular weight excluding hydrogens is 302 g/mol. The van der Waals surface area contributed by atoms with Crippen LogP contribution in [0.25, 0.3) is 0 Å². The van der Waals surface area contributed by atoms with Crippen molar-refractivity contribution in [2.24, 2.45) is 0 Å². The van der Waals surface area contributed by atoms with Gasteiger partial charge in [0, 0.05) is 43.9 Å². The van der Waals surface area contributed by atoms with E-state index in [-0.39, 0.29) is 42.4 Å². The van der Waals surface area contributed by atoms with Gasteiger partial charge in [0.15, 0.2) is 0 Å². The predicted octanol–water partition coefficient (Wildman–Crippen LogP) is 2.90. The number of hydrogen-bond donors (Lipinski definition) is 2. The van der Waals surface area contributed by atoms with Crippen molar-refractivity contribution >= 4 is 24.8 Å². The molecule has 0 bridgehead atoms. The van der Waals surface area contributed by atoms with Crippen molar-refractivity contribution in [1.29, 1.82) is 0 Å². The zero-order valence-corrected chi connectivity index (χ0v) is 12.9. The van der Waals surface area contributed by atoms with Crippen LogP contribution in [0, 0.1) is 5.82 Å². The van der Waals surface area contributed by atoms with E-state index in [1.54, 1.807) is 6.07 Å². The van der Waals surface area contributed by atoms with Crippen molar-refractivity contribution in [1.82, 2.24) is 10.2 Å². The number of nitrogens with one attached hydrogen (secondary N) is 1. The van der Waals surface area contributed by atoms with Crippen molar-refractivity contribution in [3.8, 4) is 5.75 Å². The minimum absolute atomic E-state index is 0. The molecule has 0 radical (unpaired) electrons. The molecule has 0 spiro atoms. The Labute approximate surface area is 131 Å². The Bertz CT molecular complexity index is 426. The maximum atomic E-state index is 13.9. The number of halogens is 3. The molecule has 2 N–H and O–H groups in total. The van der Waals surface area contributed by atoms with Crippen LogP contribution in [-0.2, 0) is 0 Å². The Hall–Kier alpha value is -0.810. The van der Waals surface area contributed by atoms with E-state index in [4.69, 9.17) is 0 Å². The maximum absolute atomic E-state index is 13.9. The summed E-state index contributed by atoms with van der Waals surface area (Å²) in [5.41, 5.74) is 0.634. The normalized spacial score (nSPS) is 16.6. The van der Waals surface area contributed by atoms with E-state index in [2.05, 4.69) is 16.8 Å². The summed E-state index contributed by atoms with van der Waals surface area (Å²) in [4.78, 5) is 2.26. The molecule has 0 aliphatic carbocycles. The van der Waals surface area contributed by atoms with Crippen molar-refractivity contribution in [3.05, 3.63) is 42.2 Å². The number of nitrogens with zero attached hydrogens (tertiary/aromatic N) is 1. The third-order valence-corrected chi connectivity index (χ3v) is 3.33. The molecule has 1 heterocycles. The Balaban J connectivity index is 0.00000180. The van der Waals surface area contributed by atoms with Crippen LogP contribution in [0.15, 0.2) is 30.9 Å². The van der Waals surface area contributed by atoms with E-state index < -0.39 is 0 Å². The van der Waals surface area contributed by atoms with E-state index >= 15 is 0 Å². The SMILES string of the molecule is C=CC[C@H](c1ccc(O)cc1F)N1CCNCC1.Cl.Cl. The molecule has 114 valence electrons. The summed E-state index contributed by atoms with van der Waals surface area (Å²) in [6.45, 7) is 7.41. The van der Waals surface area contributed by atoms with E-state index in [0.717, 1.165) is 26.2 Å². The highest BCUT2D eigenvalue weighted by Crippen LogP contribution is 2.29. The largest absolute Gasteiger partial charge is 0.508 e. The first kappa shape index (κ1) is 19.2. The number of aromatic hydroxyl groups is 1. The van der Waals surface area contributed by atoms with Gasteiger partial charge in [0.1, 0.15) is 11.6 Å². The lowest BCUT2D eigenvalue weighted by Gasteiger charge is -2.35. The molecule has 6 heteroatoms. The minimum Gasteiger partial charge on any atom is -0.508 e. The highest BCUT2D eigenvalue weighted by molar-refractivity contribution is 5.85. The number of phenolic OH excluding ortho intramolecular Hbond substituents is 1. The van der Waals surface area contributed by atoms with Crippen LogP contribution in [0.1, 0.15) is 18.0 Å². The van der Waals surface area contributed by atoms with E-state index in [9.17, 15) is 9.50 Å². The van der Waals surface area contributed by atoms with Gasteiger partial charge < -0.3 is 10.4 Å². The molecule has 1 aromatic rings. The molecule has 0 aromatic heterocycles. The highest BCUT2D eigenvalue weighted by atomic mass is 35.5. The summed E-state index contributed by atoms with van der Waals surface area (Å²) >= 11 is 0. The number of phenols is 1. The zero-order chi connectivity index (χ0) is 13.0. The summed E-state index contributed by atoms with van der Waals surface area (Å²) in [5, 5.41) is 12.6. The summed E-state index contributed by atoms with van der Waals surface area (Å²) in [7, 11) is 0. The quantitative estimate of drug-likeness (QED) is 0.837. The number of rotatable bonds is 4. The highest BCUT2D eigenvalue weighted by Gasteiger charge is 2.23. The Morgan fingerprint density at radius 1 is 1.35 bits per heavy atom. The van der Waals surface area contributed by atoms with Crippen LogP contribution in [0.2, 0.25) is 0 Å². The van der Waals surface area contributed by atoms with Crippen LogP contribution in [0.4, 0.5) is 4.39 Å².